The number of aliphatic carboxylic acids is 1. The molecule has 1 atom stereocenters. The number of nitrogens with two attached hydrogens (primary N) is 1. The van der Waals surface area contributed by atoms with Gasteiger partial charge in [0.1, 0.15) is 6.04 Å². The predicted molar refractivity (Wildman–Crippen MR) is 65.7 cm³/mol. The molecule has 0 aliphatic heterocycles. The van der Waals surface area contributed by atoms with Gasteiger partial charge in [0.05, 0.1) is 5.52 Å². The molecular weight excluding hydrogens is 216 g/mol. The van der Waals surface area contributed by atoms with Gasteiger partial charge in [-0.2, -0.15) is 0 Å². The van der Waals surface area contributed by atoms with Crippen molar-refractivity contribution in [2.45, 2.75) is 18.9 Å². The van der Waals surface area contributed by atoms with Crippen LogP contribution in [-0.2, 0) is 11.2 Å². The van der Waals surface area contributed by atoms with Gasteiger partial charge in [0, 0.05) is 11.6 Å². The Balaban J connectivity index is 2.12. The van der Waals surface area contributed by atoms with Crippen molar-refractivity contribution in [3.05, 3.63) is 42.1 Å². The van der Waals surface area contributed by atoms with Crippen LogP contribution < -0.4 is 5.73 Å². The van der Waals surface area contributed by atoms with Gasteiger partial charge in [-0.1, -0.05) is 12.1 Å². The Morgan fingerprint density at radius 1 is 1.41 bits per heavy atom. The first kappa shape index (κ1) is 11.5. The fourth-order valence-corrected chi connectivity index (χ4v) is 1.73. The SMILES string of the molecule is NC(CCc1ccc2ncccc2c1)C(=O)O. The minimum Gasteiger partial charge on any atom is -0.480 e. The van der Waals surface area contributed by atoms with Crippen molar-refractivity contribution in [2.24, 2.45) is 5.73 Å². The van der Waals surface area contributed by atoms with Gasteiger partial charge in [-0.25, -0.2) is 0 Å². The molecule has 0 radical (unpaired) electrons. The number of fused-ring (bicyclic) bond motifs is 1. The molecule has 0 saturated carbocycles. The lowest BCUT2D eigenvalue weighted by Gasteiger charge is -2.06. The van der Waals surface area contributed by atoms with E-state index < -0.39 is 12.0 Å². The Morgan fingerprint density at radius 2 is 2.24 bits per heavy atom. The van der Waals surface area contributed by atoms with Gasteiger partial charge >= 0.3 is 5.97 Å². The lowest BCUT2D eigenvalue weighted by atomic mass is 10.0. The first-order valence-electron chi connectivity index (χ1n) is 5.49. The smallest absolute Gasteiger partial charge is 0.320 e. The average Bonchev–Trinajstić information content (AvgIpc) is 2.35. The van der Waals surface area contributed by atoms with Gasteiger partial charge in [-0.05, 0) is 36.6 Å². The second kappa shape index (κ2) is 4.93. The molecular formula is C13H14N2O2. The Morgan fingerprint density at radius 3 is 3.00 bits per heavy atom. The van der Waals surface area contributed by atoms with Crippen LogP contribution in [0.4, 0.5) is 0 Å². The molecule has 2 aromatic rings. The van der Waals surface area contributed by atoms with Gasteiger partial charge in [-0.3, -0.25) is 9.78 Å². The molecule has 0 amide bonds. The van der Waals surface area contributed by atoms with Crippen molar-refractivity contribution in [1.29, 1.82) is 0 Å². The number of aromatic nitrogens is 1. The summed E-state index contributed by atoms with van der Waals surface area (Å²) >= 11 is 0. The summed E-state index contributed by atoms with van der Waals surface area (Å²) in [4.78, 5) is 14.8. The largest absolute Gasteiger partial charge is 0.480 e. The number of carbonyl (C=O) groups is 1. The van der Waals surface area contributed by atoms with E-state index in [1.807, 2.05) is 30.3 Å². The number of benzene rings is 1. The maximum absolute atomic E-state index is 10.6. The molecule has 0 fully saturated rings. The van der Waals surface area contributed by atoms with E-state index in [9.17, 15) is 4.79 Å². The highest BCUT2D eigenvalue weighted by Gasteiger charge is 2.10. The third-order valence-electron chi connectivity index (χ3n) is 2.73. The summed E-state index contributed by atoms with van der Waals surface area (Å²) in [7, 11) is 0. The van der Waals surface area contributed by atoms with Crippen molar-refractivity contribution >= 4 is 16.9 Å². The van der Waals surface area contributed by atoms with Gasteiger partial charge < -0.3 is 10.8 Å². The highest BCUT2D eigenvalue weighted by Crippen LogP contribution is 2.14. The van der Waals surface area contributed by atoms with Crippen LogP contribution in [0.1, 0.15) is 12.0 Å². The first-order chi connectivity index (χ1) is 8.16. The fraction of sp³-hybridized carbons (Fsp3) is 0.231. The number of nitrogens with zero attached hydrogens (tertiary/aromatic N) is 1. The molecule has 17 heavy (non-hydrogen) atoms. The Bertz CT molecular complexity index is 540. The Kier molecular flexibility index (Phi) is 3.35. The monoisotopic (exact) mass is 230 g/mol. The highest BCUT2D eigenvalue weighted by molar-refractivity contribution is 5.79. The number of aryl methyl sites for hydroxylation is 1. The van der Waals surface area contributed by atoms with Crippen LogP contribution >= 0.6 is 0 Å². The molecule has 3 N–H and O–H groups in total. The third kappa shape index (κ3) is 2.79. The third-order valence-corrected chi connectivity index (χ3v) is 2.73. The van der Waals surface area contributed by atoms with Gasteiger partial charge in [0.15, 0.2) is 0 Å². The Hall–Kier alpha value is -1.94. The fourth-order valence-electron chi connectivity index (χ4n) is 1.73. The van der Waals surface area contributed by atoms with Crippen LogP contribution in [0.3, 0.4) is 0 Å². The zero-order chi connectivity index (χ0) is 12.3. The maximum atomic E-state index is 10.6. The number of hydrogen-bond donors (Lipinski definition) is 2. The van der Waals surface area contributed by atoms with Crippen molar-refractivity contribution in [3.8, 4) is 0 Å². The minimum absolute atomic E-state index is 0.446. The lowest BCUT2D eigenvalue weighted by molar-refractivity contribution is -0.138. The molecule has 2 rings (SSSR count). The molecule has 1 heterocycles. The zero-order valence-corrected chi connectivity index (χ0v) is 9.34. The van der Waals surface area contributed by atoms with Gasteiger partial charge in [0.25, 0.3) is 0 Å². The molecule has 1 aromatic carbocycles. The van der Waals surface area contributed by atoms with Crippen LogP contribution in [0.5, 0.6) is 0 Å². The van der Waals surface area contributed by atoms with Crippen LogP contribution in [0.2, 0.25) is 0 Å². The number of carboxylic acids is 1. The maximum Gasteiger partial charge on any atom is 0.320 e. The van der Waals surface area contributed by atoms with Gasteiger partial charge in [0.2, 0.25) is 0 Å². The summed E-state index contributed by atoms with van der Waals surface area (Å²) in [5.41, 5.74) is 7.49. The van der Waals surface area contributed by atoms with E-state index in [4.69, 9.17) is 10.8 Å². The van der Waals surface area contributed by atoms with Crippen molar-refractivity contribution in [1.82, 2.24) is 4.98 Å². The van der Waals surface area contributed by atoms with Crippen molar-refractivity contribution in [3.63, 3.8) is 0 Å². The number of hydrogen-bond acceptors (Lipinski definition) is 3. The summed E-state index contributed by atoms with van der Waals surface area (Å²) in [6.07, 6.45) is 2.86. The Labute approximate surface area is 99.1 Å². The summed E-state index contributed by atoms with van der Waals surface area (Å²) in [5, 5.41) is 9.76. The van der Waals surface area contributed by atoms with Crippen molar-refractivity contribution < 1.29 is 9.90 Å². The van der Waals surface area contributed by atoms with E-state index in [-0.39, 0.29) is 0 Å². The minimum atomic E-state index is -0.951. The number of rotatable bonds is 4. The standard InChI is InChI=1S/C13H14N2O2/c14-11(13(16)17)5-3-9-4-6-12-10(8-9)2-1-7-15-12/h1-2,4,6-8,11H,3,5,14H2,(H,16,17). The molecule has 4 heteroatoms. The van der Waals surface area contributed by atoms with Crippen LogP contribution in [0, 0.1) is 0 Å². The molecule has 0 bridgehead atoms. The molecule has 1 aromatic heterocycles. The topological polar surface area (TPSA) is 76.2 Å². The lowest BCUT2D eigenvalue weighted by Crippen LogP contribution is -2.30. The quantitative estimate of drug-likeness (QED) is 0.836. The van der Waals surface area contributed by atoms with E-state index in [2.05, 4.69) is 4.98 Å². The van der Waals surface area contributed by atoms with E-state index in [1.54, 1.807) is 6.20 Å². The van der Waals surface area contributed by atoms with E-state index >= 15 is 0 Å². The molecule has 1 unspecified atom stereocenters. The second-order valence-electron chi connectivity index (χ2n) is 4.01. The molecule has 0 aliphatic carbocycles. The molecule has 4 nitrogen and oxygen atoms in total. The number of carboxylic acid groups (broad SMARTS) is 1. The summed E-state index contributed by atoms with van der Waals surface area (Å²) < 4.78 is 0. The molecule has 0 aliphatic rings. The second-order valence-corrected chi connectivity index (χ2v) is 4.01. The zero-order valence-electron chi connectivity index (χ0n) is 9.34. The van der Waals surface area contributed by atoms with E-state index in [0.717, 1.165) is 16.5 Å². The van der Waals surface area contributed by atoms with Gasteiger partial charge in [-0.15, -0.1) is 0 Å². The van der Waals surface area contributed by atoms with Crippen molar-refractivity contribution in [2.75, 3.05) is 0 Å². The summed E-state index contributed by atoms with van der Waals surface area (Å²) in [6, 6.07) is 9.01. The number of pyridine rings is 1. The molecule has 88 valence electrons. The van der Waals surface area contributed by atoms with Crippen LogP contribution in [0.15, 0.2) is 36.5 Å². The predicted octanol–water partition coefficient (Wildman–Crippen LogP) is 1.58. The first-order valence-corrected chi connectivity index (χ1v) is 5.49. The summed E-state index contributed by atoms with van der Waals surface area (Å²) in [6.45, 7) is 0. The van der Waals surface area contributed by atoms with Crippen LogP contribution in [0.25, 0.3) is 10.9 Å². The van der Waals surface area contributed by atoms with Crippen LogP contribution in [-0.4, -0.2) is 22.1 Å². The van der Waals surface area contributed by atoms with E-state index in [0.29, 0.717) is 12.8 Å². The molecule has 0 saturated heterocycles. The summed E-state index contributed by atoms with van der Waals surface area (Å²) in [5.74, 6) is -0.951. The normalized spacial score (nSPS) is 12.5. The highest BCUT2D eigenvalue weighted by atomic mass is 16.4. The molecule has 0 spiro atoms. The van der Waals surface area contributed by atoms with E-state index in [1.165, 1.54) is 0 Å². The average molecular weight is 230 g/mol.